The molecule has 1 heterocycles. The molecule has 0 bridgehead atoms. The maximum Gasteiger partial charge on any atom is 0.253 e. The molecule has 0 atom stereocenters. The van der Waals surface area contributed by atoms with Gasteiger partial charge in [0.1, 0.15) is 39.3 Å². The van der Waals surface area contributed by atoms with Gasteiger partial charge in [-0.25, -0.2) is 9.97 Å². The van der Waals surface area contributed by atoms with E-state index in [9.17, 15) is 20.1 Å². The molecular weight excluding hydrogens is 400 g/mol. The standard InChI is InChI=1S/C21H26N6O4/c1-11-19(29)13(10-24-8-6-22-2)16-18(20(11)30)27-15-12(21(31)25-9-7-23-3)4-5-14(28)17(15)26-16/h4-5,10,22-23,28-30H,6-9H2,1-3H3,(H,25,31)/b24-10+. The van der Waals surface area contributed by atoms with E-state index >= 15 is 0 Å². The molecule has 0 fully saturated rings. The van der Waals surface area contributed by atoms with Gasteiger partial charge in [0.05, 0.1) is 17.7 Å². The van der Waals surface area contributed by atoms with Crippen molar-refractivity contribution in [2.75, 3.05) is 40.3 Å². The fraction of sp³-hybridized carbons (Fsp3) is 0.333. The third kappa shape index (κ3) is 4.35. The van der Waals surface area contributed by atoms with Crippen molar-refractivity contribution in [3.05, 3.63) is 28.8 Å². The van der Waals surface area contributed by atoms with Gasteiger partial charge in [-0.1, -0.05) is 0 Å². The van der Waals surface area contributed by atoms with Crippen LogP contribution < -0.4 is 16.0 Å². The number of aromatic hydroxyl groups is 3. The number of phenols is 3. The first-order chi connectivity index (χ1) is 14.9. The second-order valence-electron chi connectivity index (χ2n) is 6.98. The molecule has 0 aliphatic heterocycles. The van der Waals surface area contributed by atoms with Gasteiger partial charge in [0.25, 0.3) is 5.91 Å². The Hall–Kier alpha value is -3.50. The fourth-order valence-electron chi connectivity index (χ4n) is 3.11. The Morgan fingerprint density at radius 1 is 0.968 bits per heavy atom. The van der Waals surface area contributed by atoms with Crippen LogP contribution in [0.5, 0.6) is 17.2 Å². The van der Waals surface area contributed by atoms with E-state index in [2.05, 4.69) is 30.9 Å². The number of hydrogen-bond donors (Lipinski definition) is 6. The molecule has 6 N–H and O–H groups in total. The zero-order valence-electron chi connectivity index (χ0n) is 17.7. The summed E-state index contributed by atoms with van der Waals surface area (Å²) in [7, 11) is 3.58. The van der Waals surface area contributed by atoms with Crippen molar-refractivity contribution in [2.45, 2.75) is 6.92 Å². The van der Waals surface area contributed by atoms with Gasteiger partial charge in [-0.3, -0.25) is 9.79 Å². The Morgan fingerprint density at radius 3 is 2.39 bits per heavy atom. The number of benzene rings is 2. The predicted octanol–water partition coefficient (Wildman–Crippen LogP) is 0.796. The molecular formula is C21H26N6O4. The fourth-order valence-corrected chi connectivity index (χ4v) is 3.11. The number of hydrogen-bond acceptors (Lipinski definition) is 9. The Bertz CT molecular complexity index is 1160. The molecule has 0 spiro atoms. The molecule has 3 aromatic rings. The van der Waals surface area contributed by atoms with Crippen LogP contribution in [0.1, 0.15) is 21.5 Å². The number of nitrogens with one attached hydrogen (secondary N) is 3. The molecule has 0 aliphatic carbocycles. The minimum atomic E-state index is -0.377. The molecule has 0 saturated heterocycles. The van der Waals surface area contributed by atoms with Crippen molar-refractivity contribution in [1.29, 1.82) is 0 Å². The Morgan fingerprint density at radius 2 is 1.68 bits per heavy atom. The zero-order valence-corrected chi connectivity index (χ0v) is 17.7. The van der Waals surface area contributed by atoms with Crippen molar-refractivity contribution in [2.24, 2.45) is 4.99 Å². The SMILES string of the molecule is CNCC/N=C/c1c(O)c(C)c(O)c2nc3c(C(=O)NCCNC)ccc(O)c3nc12. The van der Waals surface area contributed by atoms with Crippen LogP contribution in [-0.4, -0.2) is 77.7 Å². The number of likely N-dealkylation sites (N-methyl/N-ethyl adjacent to an activating group) is 2. The van der Waals surface area contributed by atoms with Crippen LogP contribution in [0.25, 0.3) is 22.1 Å². The van der Waals surface area contributed by atoms with Crippen LogP contribution in [0.3, 0.4) is 0 Å². The topological polar surface area (TPSA) is 152 Å². The van der Waals surface area contributed by atoms with E-state index in [1.54, 1.807) is 21.0 Å². The van der Waals surface area contributed by atoms with Gasteiger partial charge < -0.3 is 31.3 Å². The highest BCUT2D eigenvalue weighted by molar-refractivity contribution is 6.10. The van der Waals surface area contributed by atoms with Crippen LogP contribution in [0, 0.1) is 6.92 Å². The van der Waals surface area contributed by atoms with Crippen LogP contribution in [0.2, 0.25) is 0 Å². The lowest BCUT2D eigenvalue weighted by molar-refractivity contribution is 0.0955. The van der Waals surface area contributed by atoms with Crippen molar-refractivity contribution in [3.8, 4) is 17.2 Å². The number of rotatable bonds is 8. The van der Waals surface area contributed by atoms with Crippen molar-refractivity contribution in [3.63, 3.8) is 0 Å². The smallest absolute Gasteiger partial charge is 0.253 e. The number of fused-ring (bicyclic) bond motifs is 2. The van der Waals surface area contributed by atoms with Crippen LogP contribution in [0.4, 0.5) is 0 Å². The van der Waals surface area contributed by atoms with Crippen molar-refractivity contribution in [1.82, 2.24) is 25.9 Å². The molecule has 10 nitrogen and oxygen atoms in total. The lowest BCUT2D eigenvalue weighted by atomic mass is 10.0. The van der Waals surface area contributed by atoms with Gasteiger partial charge in [-0.05, 0) is 33.2 Å². The summed E-state index contributed by atoms with van der Waals surface area (Å²) in [4.78, 5) is 25.8. The van der Waals surface area contributed by atoms with Crippen LogP contribution in [0.15, 0.2) is 17.1 Å². The van der Waals surface area contributed by atoms with E-state index in [1.165, 1.54) is 18.3 Å². The summed E-state index contributed by atoms with van der Waals surface area (Å²) in [5.41, 5.74) is 1.22. The second-order valence-corrected chi connectivity index (χ2v) is 6.98. The summed E-state index contributed by atoms with van der Waals surface area (Å²) in [5, 5.41) is 40.2. The molecule has 0 unspecified atom stereocenters. The molecule has 31 heavy (non-hydrogen) atoms. The molecule has 10 heteroatoms. The summed E-state index contributed by atoms with van der Waals surface area (Å²) in [6.45, 7) is 3.67. The van der Waals surface area contributed by atoms with E-state index < -0.39 is 0 Å². The van der Waals surface area contributed by atoms with Crippen LogP contribution >= 0.6 is 0 Å². The normalized spacial score (nSPS) is 11.6. The average molecular weight is 426 g/mol. The quantitative estimate of drug-likeness (QED) is 0.176. The van der Waals surface area contributed by atoms with Crippen molar-refractivity contribution >= 4 is 34.2 Å². The molecule has 1 aromatic heterocycles. The average Bonchev–Trinajstić information content (AvgIpc) is 2.77. The minimum Gasteiger partial charge on any atom is -0.507 e. The monoisotopic (exact) mass is 426 g/mol. The molecule has 0 saturated carbocycles. The second kappa shape index (κ2) is 9.54. The summed E-state index contributed by atoms with van der Waals surface area (Å²) in [6.07, 6.45) is 1.47. The molecule has 2 aromatic carbocycles. The minimum absolute atomic E-state index is 0.0845. The number of carbonyl (C=O) groups excluding carboxylic acids is 1. The maximum absolute atomic E-state index is 12.6. The summed E-state index contributed by atoms with van der Waals surface area (Å²) < 4.78 is 0. The Labute approximate surface area is 179 Å². The van der Waals surface area contributed by atoms with Gasteiger partial charge in [-0.15, -0.1) is 0 Å². The molecule has 3 rings (SSSR count). The first kappa shape index (κ1) is 22.2. The van der Waals surface area contributed by atoms with Gasteiger partial charge in [-0.2, -0.15) is 0 Å². The molecule has 164 valence electrons. The molecule has 1 amide bonds. The number of aliphatic imine (C=N–C) groups is 1. The van der Waals surface area contributed by atoms with Gasteiger partial charge in [0, 0.05) is 31.4 Å². The van der Waals surface area contributed by atoms with E-state index in [0.717, 1.165) is 0 Å². The third-order valence-corrected chi connectivity index (χ3v) is 4.86. The number of aromatic nitrogens is 2. The first-order valence-electron chi connectivity index (χ1n) is 9.85. The highest BCUT2D eigenvalue weighted by atomic mass is 16.3. The largest absolute Gasteiger partial charge is 0.507 e. The summed E-state index contributed by atoms with van der Waals surface area (Å²) >= 11 is 0. The van der Waals surface area contributed by atoms with E-state index in [1.807, 2.05) is 0 Å². The molecule has 0 aliphatic rings. The maximum atomic E-state index is 12.6. The van der Waals surface area contributed by atoms with Crippen LogP contribution in [-0.2, 0) is 0 Å². The highest BCUT2D eigenvalue weighted by Crippen LogP contribution is 2.38. The van der Waals surface area contributed by atoms with Gasteiger partial charge in [0.2, 0.25) is 0 Å². The first-order valence-corrected chi connectivity index (χ1v) is 9.85. The van der Waals surface area contributed by atoms with E-state index in [-0.39, 0.29) is 61.9 Å². The summed E-state index contributed by atoms with van der Waals surface area (Å²) in [6, 6.07) is 2.82. The number of nitrogens with zero attached hydrogens (tertiary/aromatic N) is 3. The lowest BCUT2D eigenvalue weighted by Crippen LogP contribution is -2.30. The van der Waals surface area contributed by atoms with Crippen molar-refractivity contribution < 1.29 is 20.1 Å². The number of carbonyl (C=O) groups is 1. The van der Waals surface area contributed by atoms with E-state index in [4.69, 9.17) is 0 Å². The predicted molar refractivity (Wildman–Crippen MR) is 119 cm³/mol. The molecule has 0 radical (unpaired) electrons. The number of phenolic OH excluding ortho intramolecular Hbond substituents is 3. The zero-order chi connectivity index (χ0) is 22.5. The highest BCUT2D eigenvalue weighted by Gasteiger charge is 2.21. The number of amides is 1. The third-order valence-electron chi connectivity index (χ3n) is 4.86. The Balaban J connectivity index is 2.24. The van der Waals surface area contributed by atoms with E-state index in [0.29, 0.717) is 26.2 Å². The summed E-state index contributed by atoms with van der Waals surface area (Å²) in [5.74, 6) is -0.974. The lowest BCUT2D eigenvalue weighted by Gasteiger charge is -2.13. The van der Waals surface area contributed by atoms with Gasteiger partial charge >= 0.3 is 0 Å². The van der Waals surface area contributed by atoms with Gasteiger partial charge in [0.15, 0.2) is 0 Å². The Kier molecular flexibility index (Phi) is 6.83.